The summed E-state index contributed by atoms with van der Waals surface area (Å²) in [5, 5.41) is 3.62. The Morgan fingerprint density at radius 3 is 2.75 bits per heavy atom. The van der Waals surface area contributed by atoms with Crippen molar-refractivity contribution in [2.75, 3.05) is 44.5 Å². The second kappa shape index (κ2) is 6.31. The summed E-state index contributed by atoms with van der Waals surface area (Å²) in [4.78, 5) is 2.54. The maximum atomic E-state index is 6.17. The van der Waals surface area contributed by atoms with Crippen molar-refractivity contribution in [3.8, 4) is 17.2 Å². The van der Waals surface area contributed by atoms with E-state index in [1.54, 1.807) is 0 Å². The molecule has 3 aliphatic heterocycles. The van der Waals surface area contributed by atoms with Crippen molar-refractivity contribution in [3.63, 3.8) is 0 Å². The molecular formula is C23H26N2O3. The van der Waals surface area contributed by atoms with E-state index in [4.69, 9.17) is 14.2 Å². The first-order valence-electron chi connectivity index (χ1n) is 10.5. The van der Waals surface area contributed by atoms with Crippen molar-refractivity contribution in [3.05, 3.63) is 47.5 Å². The van der Waals surface area contributed by atoms with E-state index in [1.807, 2.05) is 6.07 Å². The van der Waals surface area contributed by atoms with E-state index >= 15 is 0 Å². The normalized spacial score (nSPS) is 23.8. The van der Waals surface area contributed by atoms with E-state index in [0.717, 1.165) is 49.2 Å². The number of nitrogens with zero attached hydrogens (tertiary/aromatic N) is 1. The topological polar surface area (TPSA) is 43.0 Å². The van der Waals surface area contributed by atoms with Crippen LogP contribution in [-0.2, 0) is 5.41 Å². The third-order valence-electron chi connectivity index (χ3n) is 6.60. The van der Waals surface area contributed by atoms with Gasteiger partial charge in [-0.05, 0) is 56.0 Å². The molecule has 1 saturated carbocycles. The largest absolute Gasteiger partial charge is 0.492 e. The predicted molar refractivity (Wildman–Crippen MR) is 108 cm³/mol. The molecule has 2 aromatic carbocycles. The second-order valence-corrected chi connectivity index (χ2v) is 8.51. The SMILES string of the molecule is c1ccc2c(c1)N(CCCNCC1CC1)CC21COc2cc3c(cc21)OCO3. The van der Waals surface area contributed by atoms with E-state index < -0.39 is 0 Å². The van der Waals surface area contributed by atoms with Crippen LogP contribution in [0.2, 0.25) is 0 Å². The Morgan fingerprint density at radius 2 is 1.86 bits per heavy atom. The van der Waals surface area contributed by atoms with Gasteiger partial charge in [0.15, 0.2) is 11.5 Å². The van der Waals surface area contributed by atoms with Crippen LogP contribution in [0.1, 0.15) is 30.4 Å². The van der Waals surface area contributed by atoms with Gasteiger partial charge in [-0.1, -0.05) is 18.2 Å². The molecular weight excluding hydrogens is 352 g/mol. The van der Waals surface area contributed by atoms with Gasteiger partial charge in [-0.25, -0.2) is 0 Å². The zero-order chi connectivity index (χ0) is 18.6. The van der Waals surface area contributed by atoms with Crippen LogP contribution in [0.4, 0.5) is 5.69 Å². The summed E-state index contributed by atoms with van der Waals surface area (Å²) in [6.07, 6.45) is 3.98. The average Bonchev–Trinajstić information content (AvgIpc) is 3.19. The standard InChI is InChI=1S/C23H26N2O3/c1-2-5-19-17(4-1)23(13-25(19)9-3-8-24-12-16-6-7-16)14-26-20-11-22-21(10-18(20)23)27-15-28-22/h1-2,4-5,10-11,16,24H,3,6-9,12-15H2. The molecule has 0 amide bonds. The second-order valence-electron chi connectivity index (χ2n) is 8.51. The number of hydrogen-bond donors (Lipinski definition) is 1. The van der Waals surface area contributed by atoms with Gasteiger partial charge in [-0.2, -0.15) is 0 Å². The number of benzene rings is 2. The molecule has 2 aromatic rings. The number of anilines is 1. The van der Waals surface area contributed by atoms with Gasteiger partial charge < -0.3 is 24.4 Å². The third kappa shape index (κ3) is 2.56. The first-order chi connectivity index (χ1) is 13.8. The molecule has 0 aromatic heterocycles. The van der Waals surface area contributed by atoms with Gasteiger partial charge in [0.1, 0.15) is 12.4 Å². The summed E-state index contributed by atoms with van der Waals surface area (Å²) in [5.74, 6) is 3.51. The van der Waals surface area contributed by atoms with E-state index in [-0.39, 0.29) is 5.41 Å². The summed E-state index contributed by atoms with van der Waals surface area (Å²) in [6.45, 7) is 5.28. The molecule has 5 heteroatoms. The highest BCUT2D eigenvalue weighted by atomic mass is 16.7. The lowest BCUT2D eigenvalue weighted by Gasteiger charge is -2.25. The Morgan fingerprint density at radius 1 is 1.00 bits per heavy atom. The van der Waals surface area contributed by atoms with Crippen LogP contribution >= 0.6 is 0 Å². The Balaban J connectivity index is 1.26. The molecule has 0 bridgehead atoms. The van der Waals surface area contributed by atoms with Crippen LogP contribution in [0.25, 0.3) is 0 Å². The molecule has 1 aliphatic carbocycles. The van der Waals surface area contributed by atoms with Gasteiger partial charge in [0.05, 0.1) is 5.41 Å². The lowest BCUT2D eigenvalue weighted by atomic mass is 9.77. The van der Waals surface area contributed by atoms with Crippen molar-refractivity contribution >= 4 is 5.69 Å². The molecule has 6 rings (SSSR count). The van der Waals surface area contributed by atoms with E-state index in [0.29, 0.717) is 13.4 Å². The van der Waals surface area contributed by atoms with Crippen molar-refractivity contribution in [2.45, 2.75) is 24.7 Å². The number of fused-ring (bicyclic) bond motifs is 5. The Bertz CT molecular complexity index is 911. The van der Waals surface area contributed by atoms with E-state index in [2.05, 4.69) is 40.5 Å². The lowest BCUT2D eigenvalue weighted by molar-refractivity contribution is 0.173. The van der Waals surface area contributed by atoms with Crippen LogP contribution in [0.3, 0.4) is 0 Å². The molecule has 28 heavy (non-hydrogen) atoms. The lowest BCUT2D eigenvalue weighted by Crippen LogP contribution is -2.37. The molecule has 4 aliphatic rings. The molecule has 3 heterocycles. The first kappa shape index (κ1) is 16.5. The fraction of sp³-hybridized carbons (Fsp3) is 0.478. The van der Waals surface area contributed by atoms with Crippen molar-refractivity contribution in [1.29, 1.82) is 0 Å². The minimum Gasteiger partial charge on any atom is -0.492 e. The molecule has 1 unspecified atom stereocenters. The van der Waals surface area contributed by atoms with E-state index in [9.17, 15) is 0 Å². The van der Waals surface area contributed by atoms with Crippen molar-refractivity contribution < 1.29 is 14.2 Å². The number of para-hydroxylation sites is 1. The summed E-state index contributed by atoms with van der Waals surface area (Å²) in [6, 6.07) is 13.0. The smallest absolute Gasteiger partial charge is 0.231 e. The minimum absolute atomic E-state index is 0.117. The fourth-order valence-corrected chi connectivity index (χ4v) is 4.92. The first-order valence-corrected chi connectivity index (χ1v) is 10.5. The molecule has 1 N–H and O–H groups in total. The summed E-state index contributed by atoms with van der Waals surface area (Å²) in [5.41, 5.74) is 3.84. The molecule has 1 fully saturated rings. The molecule has 1 atom stereocenters. The Kier molecular flexibility index (Phi) is 3.73. The van der Waals surface area contributed by atoms with Gasteiger partial charge in [-0.3, -0.25) is 0 Å². The zero-order valence-corrected chi connectivity index (χ0v) is 16.1. The summed E-state index contributed by atoms with van der Waals surface area (Å²) in [7, 11) is 0. The van der Waals surface area contributed by atoms with E-state index in [1.165, 1.54) is 36.2 Å². The molecule has 0 saturated heterocycles. The van der Waals surface area contributed by atoms with Gasteiger partial charge >= 0.3 is 0 Å². The van der Waals surface area contributed by atoms with Gasteiger partial charge in [0, 0.05) is 30.4 Å². The van der Waals surface area contributed by atoms with Gasteiger partial charge in [-0.15, -0.1) is 0 Å². The summed E-state index contributed by atoms with van der Waals surface area (Å²) < 4.78 is 17.4. The third-order valence-corrected chi connectivity index (χ3v) is 6.60. The highest BCUT2D eigenvalue weighted by molar-refractivity contribution is 5.70. The van der Waals surface area contributed by atoms with Crippen LogP contribution in [0.5, 0.6) is 17.2 Å². The number of ether oxygens (including phenoxy) is 3. The average molecular weight is 378 g/mol. The monoisotopic (exact) mass is 378 g/mol. The highest BCUT2D eigenvalue weighted by Crippen LogP contribution is 2.54. The van der Waals surface area contributed by atoms with Crippen LogP contribution in [-0.4, -0.2) is 39.6 Å². The molecule has 146 valence electrons. The predicted octanol–water partition coefficient (Wildman–Crippen LogP) is 3.30. The number of nitrogens with one attached hydrogen (secondary N) is 1. The Hall–Kier alpha value is -2.40. The fourth-order valence-electron chi connectivity index (χ4n) is 4.92. The number of rotatable bonds is 6. The Labute approximate surface area is 165 Å². The maximum absolute atomic E-state index is 6.17. The molecule has 1 spiro atoms. The van der Waals surface area contributed by atoms with Gasteiger partial charge in [0.2, 0.25) is 6.79 Å². The van der Waals surface area contributed by atoms with Crippen molar-refractivity contribution in [2.24, 2.45) is 5.92 Å². The van der Waals surface area contributed by atoms with Crippen LogP contribution in [0, 0.1) is 5.92 Å². The molecule has 0 radical (unpaired) electrons. The summed E-state index contributed by atoms with van der Waals surface area (Å²) >= 11 is 0. The quantitative estimate of drug-likeness (QED) is 0.782. The minimum atomic E-state index is -0.117. The van der Waals surface area contributed by atoms with Crippen molar-refractivity contribution in [1.82, 2.24) is 5.32 Å². The highest BCUT2D eigenvalue weighted by Gasteiger charge is 2.50. The van der Waals surface area contributed by atoms with Crippen LogP contribution in [0.15, 0.2) is 36.4 Å². The maximum Gasteiger partial charge on any atom is 0.231 e. The number of hydrogen-bond acceptors (Lipinski definition) is 5. The zero-order valence-electron chi connectivity index (χ0n) is 16.1. The van der Waals surface area contributed by atoms with Crippen LogP contribution < -0.4 is 24.4 Å². The molecule has 5 nitrogen and oxygen atoms in total. The van der Waals surface area contributed by atoms with Gasteiger partial charge in [0.25, 0.3) is 0 Å².